The first-order valence-electron chi connectivity index (χ1n) is 5.91. The van der Waals surface area contributed by atoms with Gasteiger partial charge in [0.1, 0.15) is 0 Å². The van der Waals surface area contributed by atoms with Crippen LogP contribution in [0.4, 0.5) is 5.69 Å². The third-order valence-corrected chi connectivity index (χ3v) is 5.07. The molecule has 3 nitrogen and oxygen atoms in total. The second-order valence-electron chi connectivity index (χ2n) is 4.44. The topological polar surface area (TPSA) is 37.4 Å². The van der Waals surface area contributed by atoms with Gasteiger partial charge in [-0.15, -0.1) is 0 Å². The minimum atomic E-state index is -3.26. The molecule has 0 aliphatic heterocycles. The number of rotatable bonds is 3. The Labute approximate surface area is 122 Å². The third kappa shape index (κ3) is 3.06. The monoisotopic (exact) mass is 377 g/mol. The molecule has 2 rings (SSSR count). The van der Waals surface area contributed by atoms with Crippen LogP contribution < -0.4 is 4.31 Å². The van der Waals surface area contributed by atoms with Crippen LogP contribution in [0.1, 0.15) is 19.3 Å². The first kappa shape index (κ1) is 13.9. The molecule has 0 bridgehead atoms. The first-order valence-corrected chi connectivity index (χ1v) is 8.83. The molecule has 1 aliphatic carbocycles. The highest BCUT2D eigenvalue weighted by molar-refractivity contribution is 14.1. The van der Waals surface area contributed by atoms with Crippen LogP contribution in [0.25, 0.3) is 0 Å². The van der Waals surface area contributed by atoms with E-state index >= 15 is 0 Å². The summed E-state index contributed by atoms with van der Waals surface area (Å²) in [6, 6.07) is 7.54. The molecule has 1 aromatic carbocycles. The fourth-order valence-corrected chi connectivity index (χ4v) is 4.22. The molecule has 0 heterocycles. The van der Waals surface area contributed by atoms with Gasteiger partial charge in [-0.25, -0.2) is 8.42 Å². The van der Waals surface area contributed by atoms with E-state index in [1.165, 1.54) is 6.26 Å². The zero-order chi connectivity index (χ0) is 13.2. The fraction of sp³-hybridized carbons (Fsp3) is 0.385. The van der Waals surface area contributed by atoms with E-state index in [0.29, 0.717) is 0 Å². The van der Waals surface area contributed by atoms with Crippen molar-refractivity contribution in [3.63, 3.8) is 0 Å². The number of halogens is 1. The molecule has 0 saturated heterocycles. The van der Waals surface area contributed by atoms with Gasteiger partial charge in [0.15, 0.2) is 0 Å². The maximum absolute atomic E-state index is 12.1. The number of benzene rings is 1. The SMILES string of the molecule is CS(=O)(=O)N(c1ccccc1I)[C@@H]1C=CCCC1. The highest BCUT2D eigenvalue weighted by Gasteiger charge is 2.27. The van der Waals surface area contributed by atoms with E-state index in [0.717, 1.165) is 28.5 Å². The Morgan fingerprint density at radius 2 is 2.06 bits per heavy atom. The molecule has 5 heteroatoms. The molecule has 0 aromatic heterocycles. The summed E-state index contributed by atoms with van der Waals surface area (Å²) in [6.07, 6.45) is 8.32. The van der Waals surface area contributed by atoms with E-state index in [2.05, 4.69) is 28.7 Å². The molecule has 1 aliphatic rings. The molecule has 0 unspecified atom stereocenters. The number of para-hydroxylation sites is 1. The minimum Gasteiger partial charge on any atom is -0.263 e. The molecule has 1 atom stereocenters. The van der Waals surface area contributed by atoms with Crippen LogP contribution in [0.2, 0.25) is 0 Å². The van der Waals surface area contributed by atoms with Gasteiger partial charge in [0, 0.05) is 3.57 Å². The van der Waals surface area contributed by atoms with Crippen molar-refractivity contribution in [3.05, 3.63) is 40.0 Å². The van der Waals surface area contributed by atoms with Gasteiger partial charge < -0.3 is 0 Å². The van der Waals surface area contributed by atoms with Gasteiger partial charge in [-0.05, 0) is 54.0 Å². The van der Waals surface area contributed by atoms with Crippen LogP contribution in [0, 0.1) is 3.57 Å². The largest absolute Gasteiger partial charge is 0.263 e. The van der Waals surface area contributed by atoms with Crippen LogP contribution >= 0.6 is 22.6 Å². The van der Waals surface area contributed by atoms with Crippen molar-refractivity contribution in [1.29, 1.82) is 0 Å². The van der Waals surface area contributed by atoms with E-state index < -0.39 is 10.0 Å². The van der Waals surface area contributed by atoms with Crippen molar-refractivity contribution >= 4 is 38.3 Å². The maximum atomic E-state index is 12.1. The van der Waals surface area contributed by atoms with Crippen LogP contribution in [0.3, 0.4) is 0 Å². The second kappa shape index (κ2) is 5.61. The van der Waals surface area contributed by atoms with E-state index in [9.17, 15) is 8.42 Å². The standard InChI is InChI=1S/C13H16INO2S/c1-18(16,17)15(11-7-3-2-4-8-11)13-10-6-5-9-12(13)14/h3,5-7,9-11H,2,4,8H2,1H3/t11-/m1/s1. The molecule has 0 saturated carbocycles. The highest BCUT2D eigenvalue weighted by atomic mass is 127. The lowest BCUT2D eigenvalue weighted by atomic mass is 10.0. The molecule has 0 spiro atoms. The summed E-state index contributed by atoms with van der Waals surface area (Å²) in [7, 11) is -3.26. The van der Waals surface area contributed by atoms with Crippen LogP contribution in [-0.4, -0.2) is 20.7 Å². The van der Waals surface area contributed by atoms with Gasteiger partial charge >= 0.3 is 0 Å². The Kier molecular flexibility index (Phi) is 4.32. The second-order valence-corrected chi connectivity index (χ2v) is 7.46. The van der Waals surface area contributed by atoms with Crippen molar-refractivity contribution in [2.45, 2.75) is 25.3 Å². The number of sulfonamides is 1. The molecular weight excluding hydrogens is 361 g/mol. The van der Waals surface area contributed by atoms with Gasteiger partial charge in [0.2, 0.25) is 10.0 Å². The predicted molar refractivity (Wildman–Crippen MR) is 83.3 cm³/mol. The zero-order valence-corrected chi connectivity index (χ0v) is 13.2. The number of hydrogen-bond acceptors (Lipinski definition) is 2. The first-order chi connectivity index (χ1) is 8.50. The van der Waals surface area contributed by atoms with Crippen molar-refractivity contribution < 1.29 is 8.42 Å². The summed E-state index contributed by atoms with van der Waals surface area (Å²) < 4.78 is 26.6. The quantitative estimate of drug-likeness (QED) is 0.600. The Morgan fingerprint density at radius 1 is 1.33 bits per heavy atom. The lowest BCUT2D eigenvalue weighted by Gasteiger charge is -2.32. The lowest BCUT2D eigenvalue weighted by molar-refractivity contribution is 0.576. The zero-order valence-electron chi connectivity index (χ0n) is 10.2. The van der Waals surface area contributed by atoms with Gasteiger partial charge in [0.25, 0.3) is 0 Å². The van der Waals surface area contributed by atoms with Gasteiger partial charge in [-0.2, -0.15) is 0 Å². The minimum absolute atomic E-state index is 0.0512. The van der Waals surface area contributed by atoms with Crippen molar-refractivity contribution in [3.8, 4) is 0 Å². The molecule has 1 aromatic rings. The Morgan fingerprint density at radius 3 is 2.61 bits per heavy atom. The van der Waals surface area contributed by atoms with Crippen LogP contribution in [0.15, 0.2) is 36.4 Å². The summed E-state index contributed by atoms with van der Waals surface area (Å²) in [5, 5.41) is 0. The van der Waals surface area contributed by atoms with Crippen molar-refractivity contribution in [2.24, 2.45) is 0 Å². The molecule has 0 amide bonds. The third-order valence-electron chi connectivity index (χ3n) is 2.98. The van der Waals surface area contributed by atoms with E-state index in [1.807, 2.05) is 30.3 Å². The molecule has 0 radical (unpaired) electrons. The van der Waals surface area contributed by atoms with Crippen LogP contribution in [-0.2, 0) is 10.0 Å². The van der Waals surface area contributed by atoms with Gasteiger partial charge in [-0.1, -0.05) is 24.3 Å². The van der Waals surface area contributed by atoms with Crippen molar-refractivity contribution in [1.82, 2.24) is 0 Å². The average Bonchev–Trinajstić information content (AvgIpc) is 2.32. The van der Waals surface area contributed by atoms with Gasteiger partial charge in [0.05, 0.1) is 18.0 Å². The smallest absolute Gasteiger partial charge is 0.232 e. The Hall–Kier alpha value is -0.560. The highest BCUT2D eigenvalue weighted by Crippen LogP contribution is 2.29. The van der Waals surface area contributed by atoms with Gasteiger partial charge in [-0.3, -0.25) is 4.31 Å². The number of allylic oxidation sites excluding steroid dienone is 1. The molecule has 0 fully saturated rings. The molecule has 98 valence electrons. The van der Waals surface area contributed by atoms with Crippen LogP contribution in [0.5, 0.6) is 0 Å². The molecule has 0 N–H and O–H groups in total. The fourth-order valence-electron chi connectivity index (χ4n) is 2.22. The number of nitrogens with zero attached hydrogens (tertiary/aromatic N) is 1. The predicted octanol–water partition coefficient (Wildman–Crippen LogP) is 3.17. The lowest BCUT2D eigenvalue weighted by Crippen LogP contribution is -2.39. The van der Waals surface area contributed by atoms with E-state index in [-0.39, 0.29) is 6.04 Å². The summed E-state index contributed by atoms with van der Waals surface area (Å²) >= 11 is 2.18. The number of anilines is 1. The molecular formula is C13H16INO2S. The summed E-state index contributed by atoms with van der Waals surface area (Å²) in [4.78, 5) is 0. The summed E-state index contributed by atoms with van der Waals surface area (Å²) in [5.74, 6) is 0. The normalized spacial score (nSPS) is 19.8. The summed E-state index contributed by atoms with van der Waals surface area (Å²) in [6.45, 7) is 0. The Balaban J connectivity index is 2.47. The van der Waals surface area contributed by atoms with E-state index in [4.69, 9.17) is 0 Å². The number of hydrogen-bond donors (Lipinski definition) is 0. The van der Waals surface area contributed by atoms with Crippen molar-refractivity contribution in [2.75, 3.05) is 10.6 Å². The summed E-state index contributed by atoms with van der Waals surface area (Å²) in [5.41, 5.74) is 0.775. The maximum Gasteiger partial charge on any atom is 0.232 e. The average molecular weight is 377 g/mol. The van der Waals surface area contributed by atoms with E-state index in [1.54, 1.807) is 4.31 Å². The molecule has 18 heavy (non-hydrogen) atoms. The Bertz CT molecular complexity index is 554.